The van der Waals surface area contributed by atoms with Crippen molar-refractivity contribution < 1.29 is 19.1 Å². The summed E-state index contributed by atoms with van der Waals surface area (Å²) in [7, 11) is 0. The number of thioether (sulfide) groups is 1. The number of ether oxygens (including phenoxy) is 2. The van der Waals surface area contributed by atoms with Crippen molar-refractivity contribution in [1.29, 1.82) is 0 Å². The largest absolute Gasteiger partial charge is 0.486 e. The quantitative estimate of drug-likeness (QED) is 0.587. The van der Waals surface area contributed by atoms with Gasteiger partial charge in [-0.3, -0.25) is 10.1 Å². The number of nitrogens with zero attached hydrogens (tertiary/aromatic N) is 4. The van der Waals surface area contributed by atoms with Gasteiger partial charge in [0.15, 0.2) is 17.6 Å². The van der Waals surface area contributed by atoms with E-state index >= 15 is 0 Å². The number of hydrogen-bond donors (Lipinski definition) is 2. The van der Waals surface area contributed by atoms with Gasteiger partial charge in [0.05, 0.1) is 12.3 Å². The molecule has 0 saturated carbocycles. The summed E-state index contributed by atoms with van der Waals surface area (Å²) in [4.78, 5) is 32.6. The monoisotopic (exact) mass is 428 g/mol. The lowest BCUT2D eigenvalue weighted by Crippen LogP contribution is -2.46. The lowest BCUT2D eigenvalue weighted by atomic mass is 10.2. The Bertz CT molecular complexity index is 1100. The Hall–Kier alpha value is -3.34. The molecule has 2 N–H and O–H groups in total. The molecule has 30 heavy (non-hydrogen) atoms. The van der Waals surface area contributed by atoms with E-state index in [0.717, 1.165) is 23.1 Å². The lowest BCUT2D eigenvalue weighted by Gasteiger charge is -2.26. The summed E-state index contributed by atoms with van der Waals surface area (Å²) >= 11 is 1.13. The number of hydrogen-bond acceptors (Lipinski definition) is 8. The number of nitrogens with one attached hydrogen (secondary N) is 2. The summed E-state index contributed by atoms with van der Waals surface area (Å²) in [6.07, 6.45) is -0.337. The summed E-state index contributed by atoms with van der Waals surface area (Å²) in [6.45, 7) is 4.30. The Morgan fingerprint density at radius 2 is 2.03 bits per heavy atom. The van der Waals surface area contributed by atoms with Crippen molar-refractivity contribution in [3.8, 4) is 11.5 Å². The summed E-state index contributed by atoms with van der Waals surface area (Å²) in [5, 5.41) is 9.63. The van der Waals surface area contributed by atoms with Crippen LogP contribution < -0.4 is 20.1 Å². The number of imide groups is 1. The van der Waals surface area contributed by atoms with Gasteiger partial charge in [0.2, 0.25) is 11.1 Å². The maximum absolute atomic E-state index is 12.1. The van der Waals surface area contributed by atoms with Gasteiger partial charge in [-0.1, -0.05) is 23.9 Å². The minimum atomic E-state index is -0.598. The number of fused-ring (bicyclic) bond motifs is 2. The molecular formula is C19H20N6O4S. The third kappa shape index (κ3) is 4.62. The molecule has 3 heterocycles. The van der Waals surface area contributed by atoms with E-state index in [9.17, 15) is 9.59 Å². The number of aromatic nitrogens is 4. The van der Waals surface area contributed by atoms with Crippen LogP contribution in [0.2, 0.25) is 0 Å². The van der Waals surface area contributed by atoms with Crippen LogP contribution in [0.4, 0.5) is 4.79 Å². The second kappa shape index (κ2) is 8.57. The molecule has 10 nitrogen and oxygen atoms in total. The first-order valence-corrected chi connectivity index (χ1v) is 10.3. The highest BCUT2D eigenvalue weighted by molar-refractivity contribution is 7.99. The van der Waals surface area contributed by atoms with Crippen LogP contribution in [0, 0.1) is 13.8 Å². The molecule has 2 aromatic heterocycles. The zero-order valence-electron chi connectivity index (χ0n) is 16.4. The van der Waals surface area contributed by atoms with Crippen LogP contribution in [0.25, 0.3) is 5.78 Å². The summed E-state index contributed by atoms with van der Waals surface area (Å²) in [5.74, 6) is 1.32. The van der Waals surface area contributed by atoms with Gasteiger partial charge in [-0.25, -0.2) is 14.3 Å². The highest BCUT2D eigenvalue weighted by atomic mass is 32.2. The average Bonchev–Trinajstić information content (AvgIpc) is 3.14. The van der Waals surface area contributed by atoms with E-state index in [1.165, 1.54) is 0 Å². The molecule has 1 unspecified atom stereocenters. The smallest absolute Gasteiger partial charge is 0.321 e. The van der Waals surface area contributed by atoms with Crippen molar-refractivity contribution in [2.75, 3.05) is 18.9 Å². The third-order valence-corrected chi connectivity index (χ3v) is 5.08. The van der Waals surface area contributed by atoms with Crippen molar-refractivity contribution in [2.24, 2.45) is 0 Å². The van der Waals surface area contributed by atoms with E-state index in [1.54, 1.807) is 10.6 Å². The SMILES string of the molecule is Cc1cc(C)n2nc(SCC(=O)NC(=O)NCC3COc4ccccc4O3)nc2n1. The first-order chi connectivity index (χ1) is 14.5. The van der Waals surface area contributed by atoms with Crippen LogP contribution in [0.15, 0.2) is 35.5 Å². The Kier molecular flexibility index (Phi) is 5.70. The fourth-order valence-electron chi connectivity index (χ4n) is 2.92. The number of rotatable bonds is 5. The van der Waals surface area contributed by atoms with Gasteiger partial charge in [0.1, 0.15) is 6.61 Å². The first kappa shape index (κ1) is 20.0. The number of aryl methyl sites for hydroxylation is 2. The van der Waals surface area contributed by atoms with E-state index in [4.69, 9.17) is 9.47 Å². The van der Waals surface area contributed by atoms with Gasteiger partial charge >= 0.3 is 6.03 Å². The summed E-state index contributed by atoms with van der Waals surface area (Å²) in [6, 6.07) is 8.62. The van der Waals surface area contributed by atoms with Gasteiger partial charge in [-0.05, 0) is 32.0 Å². The molecule has 4 rings (SSSR count). The zero-order valence-corrected chi connectivity index (χ0v) is 17.2. The van der Waals surface area contributed by atoms with E-state index in [2.05, 4.69) is 25.7 Å². The molecule has 0 aliphatic carbocycles. The van der Waals surface area contributed by atoms with Crippen molar-refractivity contribution in [1.82, 2.24) is 30.2 Å². The van der Waals surface area contributed by atoms with Crippen LogP contribution in [0.1, 0.15) is 11.4 Å². The van der Waals surface area contributed by atoms with Gasteiger partial charge in [0, 0.05) is 11.4 Å². The van der Waals surface area contributed by atoms with Gasteiger partial charge in [0.25, 0.3) is 5.78 Å². The molecular weight excluding hydrogens is 408 g/mol. The Morgan fingerprint density at radius 3 is 2.87 bits per heavy atom. The molecule has 1 atom stereocenters. The van der Waals surface area contributed by atoms with Crippen molar-refractivity contribution in [3.63, 3.8) is 0 Å². The number of benzene rings is 1. The Labute approximate surface area is 176 Å². The standard InChI is InChI=1S/C19H20N6O4S/c1-11-7-12(2)25-17(21-11)23-19(24-25)30-10-16(26)22-18(27)20-8-13-9-28-14-5-3-4-6-15(14)29-13/h3-7,13H,8-10H2,1-2H3,(H2,20,22,26,27). The Balaban J connectivity index is 1.22. The number of amides is 3. The van der Waals surface area contributed by atoms with Crippen molar-refractivity contribution in [2.45, 2.75) is 25.1 Å². The van der Waals surface area contributed by atoms with E-state index in [0.29, 0.717) is 29.0 Å². The van der Waals surface area contributed by atoms with Crippen molar-refractivity contribution in [3.05, 3.63) is 41.7 Å². The predicted molar refractivity (Wildman–Crippen MR) is 109 cm³/mol. The normalized spacial score (nSPS) is 15.1. The maximum atomic E-state index is 12.1. The van der Waals surface area contributed by atoms with Gasteiger partial charge in [-0.15, -0.1) is 5.10 Å². The molecule has 0 spiro atoms. The molecule has 3 amide bonds. The third-order valence-electron chi connectivity index (χ3n) is 4.24. The second-order valence-electron chi connectivity index (χ2n) is 6.69. The molecule has 1 aliphatic rings. The number of carbonyl (C=O) groups excluding carboxylic acids is 2. The molecule has 0 fully saturated rings. The fourth-order valence-corrected chi connectivity index (χ4v) is 3.53. The zero-order chi connectivity index (χ0) is 21.1. The predicted octanol–water partition coefficient (Wildman–Crippen LogP) is 1.50. The van der Waals surface area contributed by atoms with E-state index < -0.39 is 11.9 Å². The second-order valence-corrected chi connectivity index (χ2v) is 7.63. The molecule has 3 aromatic rings. The van der Waals surface area contributed by atoms with E-state index in [1.807, 2.05) is 38.1 Å². The molecule has 1 aromatic carbocycles. The van der Waals surface area contributed by atoms with Gasteiger partial charge < -0.3 is 14.8 Å². The van der Waals surface area contributed by atoms with E-state index in [-0.39, 0.29) is 18.4 Å². The van der Waals surface area contributed by atoms with Crippen LogP contribution in [0.5, 0.6) is 11.5 Å². The summed E-state index contributed by atoms with van der Waals surface area (Å²) < 4.78 is 13.0. The first-order valence-electron chi connectivity index (χ1n) is 9.28. The Morgan fingerprint density at radius 1 is 1.23 bits per heavy atom. The lowest BCUT2D eigenvalue weighted by molar-refractivity contribution is -0.117. The van der Waals surface area contributed by atoms with Crippen molar-refractivity contribution >= 4 is 29.5 Å². The number of carbonyl (C=O) groups is 2. The fraction of sp³-hybridized carbons (Fsp3) is 0.316. The molecule has 156 valence electrons. The molecule has 0 radical (unpaired) electrons. The molecule has 11 heteroatoms. The van der Waals surface area contributed by atoms with Crippen LogP contribution >= 0.6 is 11.8 Å². The molecule has 0 saturated heterocycles. The molecule has 0 bridgehead atoms. The number of para-hydroxylation sites is 2. The maximum Gasteiger partial charge on any atom is 0.321 e. The number of urea groups is 1. The minimum absolute atomic E-state index is 0.00124. The van der Waals surface area contributed by atoms with Crippen LogP contribution in [-0.2, 0) is 4.79 Å². The highest BCUT2D eigenvalue weighted by Gasteiger charge is 2.21. The minimum Gasteiger partial charge on any atom is -0.486 e. The highest BCUT2D eigenvalue weighted by Crippen LogP contribution is 2.30. The summed E-state index contributed by atoms with van der Waals surface area (Å²) in [5.41, 5.74) is 1.74. The van der Waals surface area contributed by atoms with Crippen LogP contribution in [0.3, 0.4) is 0 Å². The topological polar surface area (TPSA) is 120 Å². The average molecular weight is 428 g/mol. The molecule has 1 aliphatic heterocycles. The van der Waals surface area contributed by atoms with Gasteiger partial charge in [-0.2, -0.15) is 4.98 Å². The van der Waals surface area contributed by atoms with Crippen LogP contribution in [-0.4, -0.2) is 56.5 Å².